The number of hydrogen-bond donors (Lipinski definition) is 1. The molecule has 0 radical (unpaired) electrons. The van der Waals surface area contributed by atoms with Gasteiger partial charge >= 0.3 is 5.97 Å². The van der Waals surface area contributed by atoms with Crippen molar-refractivity contribution in [2.24, 2.45) is 0 Å². The number of nitrogens with zero attached hydrogens (tertiary/aromatic N) is 1. The Morgan fingerprint density at radius 3 is 2.40 bits per heavy atom. The molecule has 1 N–H and O–H groups in total. The summed E-state index contributed by atoms with van der Waals surface area (Å²) in [5, 5.41) is 8.49. The van der Waals surface area contributed by atoms with Gasteiger partial charge in [0.2, 0.25) is 0 Å². The Morgan fingerprint density at radius 1 is 1.47 bits per heavy atom. The van der Waals surface area contributed by atoms with Gasteiger partial charge in [-0.3, -0.25) is 4.79 Å². The number of carboxylic acids is 1. The van der Waals surface area contributed by atoms with Crippen LogP contribution < -0.4 is 0 Å². The molecular weight excluding hydrogens is 218 g/mol. The largest absolute Gasteiger partial charge is 0.481 e. The molecule has 0 spiro atoms. The number of carboxylic acid groups (broad SMARTS) is 1. The van der Waals surface area contributed by atoms with E-state index in [9.17, 15) is 13.2 Å². The first-order chi connectivity index (χ1) is 6.72. The summed E-state index contributed by atoms with van der Waals surface area (Å²) in [6.07, 6.45) is 1.85. The van der Waals surface area contributed by atoms with Gasteiger partial charge in [-0.2, -0.15) is 0 Å². The minimum absolute atomic E-state index is 0.0860. The van der Waals surface area contributed by atoms with Crippen molar-refractivity contribution in [2.75, 3.05) is 25.6 Å². The first-order valence-electron chi connectivity index (χ1n) is 4.82. The van der Waals surface area contributed by atoms with E-state index < -0.39 is 15.8 Å². The predicted molar refractivity (Wildman–Crippen MR) is 58.7 cm³/mol. The van der Waals surface area contributed by atoms with Crippen LogP contribution in [0, 0.1) is 0 Å². The second kappa shape index (κ2) is 6.07. The van der Waals surface area contributed by atoms with Crippen molar-refractivity contribution in [3.63, 3.8) is 0 Å². The quantitative estimate of drug-likeness (QED) is 0.685. The van der Waals surface area contributed by atoms with Gasteiger partial charge in [0.05, 0.1) is 5.75 Å². The van der Waals surface area contributed by atoms with Crippen molar-refractivity contribution < 1.29 is 18.3 Å². The van der Waals surface area contributed by atoms with Crippen LogP contribution in [-0.4, -0.2) is 56.0 Å². The predicted octanol–water partition coefficient (Wildman–Crippen LogP) is 0.216. The van der Waals surface area contributed by atoms with Crippen molar-refractivity contribution in [1.29, 1.82) is 0 Å². The van der Waals surface area contributed by atoms with Crippen LogP contribution in [0.2, 0.25) is 0 Å². The van der Waals surface area contributed by atoms with Crippen molar-refractivity contribution in [3.05, 3.63) is 0 Å². The highest BCUT2D eigenvalue weighted by Gasteiger charge is 2.12. The molecule has 0 bridgehead atoms. The minimum atomic E-state index is -2.94. The van der Waals surface area contributed by atoms with Crippen LogP contribution in [0.1, 0.15) is 19.8 Å². The molecular formula is C9H19NO4S. The molecule has 0 saturated heterocycles. The van der Waals surface area contributed by atoms with Crippen LogP contribution in [0.25, 0.3) is 0 Å². The first kappa shape index (κ1) is 14.4. The average molecular weight is 237 g/mol. The summed E-state index contributed by atoms with van der Waals surface area (Å²) in [5.41, 5.74) is 0. The smallest absolute Gasteiger partial charge is 0.303 e. The van der Waals surface area contributed by atoms with Gasteiger partial charge in [-0.05, 0) is 20.4 Å². The molecule has 0 aromatic rings. The minimum Gasteiger partial charge on any atom is -0.481 e. The molecule has 0 aromatic carbocycles. The second-order valence-corrected chi connectivity index (χ2v) is 6.15. The monoisotopic (exact) mass is 237 g/mol. The van der Waals surface area contributed by atoms with E-state index in [4.69, 9.17) is 5.11 Å². The molecule has 0 fully saturated rings. The van der Waals surface area contributed by atoms with Crippen LogP contribution in [0.4, 0.5) is 0 Å². The summed E-state index contributed by atoms with van der Waals surface area (Å²) in [6, 6.07) is 0.0860. The van der Waals surface area contributed by atoms with Crippen molar-refractivity contribution in [2.45, 2.75) is 25.8 Å². The number of rotatable bonds is 7. The lowest BCUT2D eigenvalue weighted by Crippen LogP contribution is -2.33. The Bertz CT molecular complexity index is 299. The second-order valence-electron chi connectivity index (χ2n) is 3.89. The highest BCUT2D eigenvalue weighted by atomic mass is 32.2. The molecule has 5 nitrogen and oxygen atoms in total. The van der Waals surface area contributed by atoms with Crippen LogP contribution in [0.5, 0.6) is 0 Å². The van der Waals surface area contributed by atoms with Gasteiger partial charge in [0.1, 0.15) is 9.84 Å². The van der Waals surface area contributed by atoms with E-state index in [-0.39, 0.29) is 18.2 Å². The van der Waals surface area contributed by atoms with Crippen LogP contribution in [-0.2, 0) is 14.6 Å². The van der Waals surface area contributed by atoms with Crippen LogP contribution in [0.15, 0.2) is 0 Å². The van der Waals surface area contributed by atoms with E-state index in [0.717, 1.165) is 0 Å². The fourth-order valence-electron chi connectivity index (χ4n) is 1.08. The molecule has 90 valence electrons. The Morgan fingerprint density at radius 2 is 2.00 bits per heavy atom. The highest BCUT2D eigenvalue weighted by molar-refractivity contribution is 7.90. The summed E-state index contributed by atoms with van der Waals surface area (Å²) in [7, 11) is -1.14. The summed E-state index contributed by atoms with van der Waals surface area (Å²) < 4.78 is 21.8. The van der Waals surface area contributed by atoms with Gasteiger partial charge in [0.25, 0.3) is 0 Å². The van der Waals surface area contributed by atoms with E-state index in [2.05, 4.69) is 0 Å². The van der Waals surface area contributed by atoms with Crippen LogP contribution >= 0.6 is 0 Å². The SMILES string of the molecule is CC(CCC(=O)O)N(C)CCS(C)(=O)=O. The third-order valence-corrected chi connectivity index (χ3v) is 3.27. The van der Waals surface area contributed by atoms with E-state index in [1.807, 2.05) is 11.8 Å². The molecule has 0 aliphatic rings. The number of aliphatic carboxylic acids is 1. The maximum Gasteiger partial charge on any atom is 0.303 e. The van der Waals surface area contributed by atoms with Gasteiger partial charge in [-0.15, -0.1) is 0 Å². The molecule has 6 heteroatoms. The molecule has 0 rings (SSSR count). The average Bonchev–Trinajstić information content (AvgIpc) is 2.08. The Hall–Kier alpha value is -0.620. The van der Waals surface area contributed by atoms with E-state index in [1.165, 1.54) is 6.26 Å². The lowest BCUT2D eigenvalue weighted by atomic mass is 10.1. The molecule has 0 aliphatic heterocycles. The number of carbonyl (C=O) groups is 1. The molecule has 0 heterocycles. The zero-order valence-electron chi connectivity index (χ0n) is 9.43. The fourth-order valence-corrected chi connectivity index (χ4v) is 1.70. The lowest BCUT2D eigenvalue weighted by molar-refractivity contribution is -0.137. The zero-order chi connectivity index (χ0) is 12.1. The summed E-state index contributed by atoms with van der Waals surface area (Å²) in [5.74, 6) is -0.709. The Kier molecular flexibility index (Phi) is 5.82. The molecule has 15 heavy (non-hydrogen) atoms. The molecule has 0 amide bonds. The molecule has 1 atom stereocenters. The van der Waals surface area contributed by atoms with E-state index >= 15 is 0 Å². The summed E-state index contributed by atoms with van der Waals surface area (Å²) in [4.78, 5) is 12.2. The third kappa shape index (κ3) is 8.38. The molecule has 0 aromatic heterocycles. The zero-order valence-corrected chi connectivity index (χ0v) is 10.2. The Labute approximate surface area is 91.0 Å². The maximum absolute atomic E-state index is 10.9. The summed E-state index contributed by atoms with van der Waals surface area (Å²) >= 11 is 0. The number of hydrogen-bond acceptors (Lipinski definition) is 4. The molecule has 0 aliphatic carbocycles. The van der Waals surface area contributed by atoms with Gasteiger partial charge < -0.3 is 10.0 Å². The maximum atomic E-state index is 10.9. The van der Waals surface area contributed by atoms with Gasteiger partial charge in [-0.25, -0.2) is 8.42 Å². The lowest BCUT2D eigenvalue weighted by Gasteiger charge is -2.23. The van der Waals surface area contributed by atoms with Crippen molar-refractivity contribution in [1.82, 2.24) is 4.90 Å². The molecule has 1 unspecified atom stereocenters. The van der Waals surface area contributed by atoms with Crippen molar-refractivity contribution in [3.8, 4) is 0 Å². The third-order valence-electron chi connectivity index (χ3n) is 2.34. The standard InChI is InChI=1S/C9H19NO4S/c1-8(4-5-9(11)12)10(2)6-7-15(3,13)14/h8H,4-7H2,1-3H3,(H,11,12). The highest BCUT2D eigenvalue weighted by Crippen LogP contribution is 2.04. The molecule has 0 saturated carbocycles. The Balaban J connectivity index is 3.89. The normalized spacial score (nSPS) is 14.1. The van der Waals surface area contributed by atoms with E-state index in [0.29, 0.717) is 13.0 Å². The first-order valence-corrected chi connectivity index (χ1v) is 6.88. The van der Waals surface area contributed by atoms with Crippen LogP contribution in [0.3, 0.4) is 0 Å². The van der Waals surface area contributed by atoms with Gasteiger partial charge in [-0.1, -0.05) is 0 Å². The summed E-state index contributed by atoms with van der Waals surface area (Å²) in [6.45, 7) is 2.34. The van der Waals surface area contributed by atoms with Gasteiger partial charge in [0.15, 0.2) is 0 Å². The van der Waals surface area contributed by atoms with E-state index in [1.54, 1.807) is 7.05 Å². The topological polar surface area (TPSA) is 74.7 Å². The fraction of sp³-hybridized carbons (Fsp3) is 0.889. The van der Waals surface area contributed by atoms with Gasteiger partial charge in [0, 0.05) is 25.3 Å². The number of sulfone groups is 1. The van der Waals surface area contributed by atoms with Crippen molar-refractivity contribution >= 4 is 15.8 Å².